The summed E-state index contributed by atoms with van der Waals surface area (Å²) in [6.45, 7) is 1.39. The molecule has 1 aliphatic rings. The van der Waals surface area contributed by atoms with Crippen LogP contribution in [0.25, 0.3) is 16.9 Å². The van der Waals surface area contributed by atoms with Gasteiger partial charge in [-0.15, -0.1) is 5.10 Å². The van der Waals surface area contributed by atoms with Crippen LogP contribution in [0.2, 0.25) is 0 Å². The van der Waals surface area contributed by atoms with Crippen LogP contribution in [-0.4, -0.2) is 26.4 Å². The number of imidazole rings is 1. The number of rotatable bonds is 4. The lowest BCUT2D eigenvalue weighted by Crippen LogP contribution is -2.12. The molecule has 0 atom stereocenters. The second-order valence-electron chi connectivity index (χ2n) is 6.20. The molecule has 1 aromatic carbocycles. The molecule has 7 heteroatoms. The van der Waals surface area contributed by atoms with Crippen LogP contribution in [0, 0.1) is 0 Å². The summed E-state index contributed by atoms with van der Waals surface area (Å²) >= 11 is 0. The number of ether oxygens (including phenoxy) is 2. The van der Waals surface area contributed by atoms with Gasteiger partial charge in [-0.05, 0) is 30.3 Å². The highest BCUT2D eigenvalue weighted by Crippen LogP contribution is 2.33. The summed E-state index contributed by atoms with van der Waals surface area (Å²) in [6.07, 6.45) is 3.61. The number of aromatic nitrogens is 4. The van der Waals surface area contributed by atoms with E-state index in [-0.39, 0.29) is 6.79 Å². The maximum Gasteiger partial charge on any atom is 0.189 e. The van der Waals surface area contributed by atoms with Crippen LogP contribution < -0.4 is 10.1 Å². The smallest absolute Gasteiger partial charge is 0.189 e. The van der Waals surface area contributed by atoms with E-state index in [4.69, 9.17) is 14.6 Å². The molecular weight excluding hydrogens is 342 g/mol. The Morgan fingerprint density at radius 3 is 2.96 bits per heavy atom. The van der Waals surface area contributed by atoms with Crippen molar-refractivity contribution in [2.24, 2.45) is 0 Å². The number of nitrogens with zero attached hydrogens (tertiary/aromatic N) is 4. The van der Waals surface area contributed by atoms with Gasteiger partial charge in [-0.3, -0.25) is 4.98 Å². The highest BCUT2D eigenvalue weighted by molar-refractivity contribution is 5.69. The van der Waals surface area contributed by atoms with Crippen molar-refractivity contribution in [2.45, 2.75) is 13.2 Å². The number of hydrogen-bond acceptors (Lipinski definition) is 6. The van der Waals surface area contributed by atoms with Gasteiger partial charge in [0.05, 0.1) is 30.7 Å². The zero-order valence-corrected chi connectivity index (χ0v) is 14.5. The topological polar surface area (TPSA) is 73.6 Å². The largest absolute Gasteiger partial charge is 0.467 e. The molecule has 27 heavy (non-hydrogen) atoms. The van der Waals surface area contributed by atoms with E-state index in [0.717, 1.165) is 39.7 Å². The molecule has 1 N–H and O–H groups in total. The summed E-state index contributed by atoms with van der Waals surface area (Å²) in [5.74, 6) is 1.60. The second kappa shape index (κ2) is 6.69. The van der Waals surface area contributed by atoms with E-state index in [1.165, 1.54) is 0 Å². The number of fused-ring (bicyclic) bond motifs is 2. The Labute approximate surface area is 155 Å². The lowest BCUT2D eigenvalue weighted by atomic mass is 10.0. The molecule has 1 aliphatic heterocycles. The van der Waals surface area contributed by atoms with Crippen molar-refractivity contribution in [1.82, 2.24) is 19.6 Å². The van der Waals surface area contributed by atoms with Crippen molar-refractivity contribution in [3.8, 4) is 17.0 Å². The number of hydrogen-bond donors (Lipinski definition) is 1. The van der Waals surface area contributed by atoms with Crippen LogP contribution >= 0.6 is 0 Å². The van der Waals surface area contributed by atoms with Crippen LogP contribution in [0.3, 0.4) is 0 Å². The summed E-state index contributed by atoms with van der Waals surface area (Å²) in [7, 11) is 0. The zero-order chi connectivity index (χ0) is 18.1. The molecule has 134 valence electrons. The lowest BCUT2D eigenvalue weighted by molar-refractivity contribution is -0.0160. The van der Waals surface area contributed by atoms with Gasteiger partial charge >= 0.3 is 0 Å². The number of nitrogens with one attached hydrogen (secondary N) is 1. The summed E-state index contributed by atoms with van der Waals surface area (Å²) < 4.78 is 12.9. The highest BCUT2D eigenvalue weighted by atomic mass is 16.7. The number of pyridine rings is 1. The summed E-state index contributed by atoms with van der Waals surface area (Å²) in [5.41, 5.74) is 4.66. The van der Waals surface area contributed by atoms with E-state index in [0.29, 0.717) is 13.2 Å². The van der Waals surface area contributed by atoms with Crippen LogP contribution in [0.4, 0.5) is 5.82 Å². The SMILES string of the molecule is c1ccc(CNc2ccc3ncc(-c4cccc5c4COCO5)n3n2)nc1. The molecule has 0 radical (unpaired) electrons. The van der Waals surface area contributed by atoms with Crippen LogP contribution in [0.5, 0.6) is 5.75 Å². The first-order chi connectivity index (χ1) is 13.4. The standard InChI is InChI=1S/C20H17N5O2/c1-2-9-21-14(4-1)10-22-19-7-8-20-23-11-17(25(20)24-19)15-5-3-6-18-16(15)12-26-13-27-18/h1-9,11H,10,12-13H2,(H,22,24). The minimum absolute atomic E-state index is 0.281. The Morgan fingerprint density at radius 1 is 1.04 bits per heavy atom. The first kappa shape index (κ1) is 15.8. The monoisotopic (exact) mass is 359 g/mol. The minimum atomic E-state index is 0.281. The van der Waals surface area contributed by atoms with Crippen LogP contribution in [0.1, 0.15) is 11.3 Å². The van der Waals surface area contributed by atoms with E-state index >= 15 is 0 Å². The quantitative estimate of drug-likeness (QED) is 0.603. The van der Waals surface area contributed by atoms with Crippen molar-refractivity contribution < 1.29 is 9.47 Å². The third-order valence-corrected chi connectivity index (χ3v) is 4.49. The molecule has 0 saturated heterocycles. The Kier molecular flexibility index (Phi) is 3.91. The van der Waals surface area contributed by atoms with Gasteiger partial charge in [0.1, 0.15) is 11.6 Å². The van der Waals surface area contributed by atoms with Gasteiger partial charge < -0.3 is 14.8 Å². The third-order valence-electron chi connectivity index (χ3n) is 4.49. The average molecular weight is 359 g/mol. The van der Waals surface area contributed by atoms with Gasteiger partial charge in [0.15, 0.2) is 12.4 Å². The molecule has 0 amide bonds. The number of anilines is 1. The van der Waals surface area contributed by atoms with Crippen molar-refractivity contribution >= 4 is 11.5 Å². The minimum Gasteiger partial charge on any atom is -0.467 e. The molecule has 7 nitrogen and oxygen atoms in total. The molecule has 3 aromatic heterocycles. The fourth-order valence-electron chi connectivity index (χ4n) is 3.17. The van der Waals surface area contributed by atoms with E-state index in [1.54, 1.807) is 6.20 Å². The van der Waals surface area contributed by atoms with Crippen molar-refractivity contribution in [2.75, 3.05) is 12.1 Å². The average Bonchev–Trinajstić information content (AvgIpc) is 3.16. The molecule has 0 aliphatic carbocycles. The molecule has 0 spiro atoms. The third kappa shape index (κ3) is 2.98. The fraction of sp³-hybridized carbons (Fsp3) is 0.150. The molecule has 4 aromatic rings. The second-order valence-corrected chi connectivity index (χ2v) is 6.20. The molecule has 0 saturated carbocycles. The summed E-state index contributed by atoms with van der Waals surface area (Å²) in [5, 5.41) is 8.02. The molecule has 5 rings (SSSR count). The lowest BCUT2D eigenvalue weighted by Gasteiger charge is -2.20. The molecular formula is C20H17N5O2. The number of benzene rings is 1. The van der Waals surface area contributed by atoms with Crippen molar-refractivity contribution in [3.05, 3.63) is 72.2 Å². The molecule has 4 heterocycles. The van der Waals surface area contributed by atoms with Gasteiger partial charge in [0.25, 0.3) is 0 Å². The Bertz CT molecular complexity index is 1090. The van der Waals surface area contributed by atoms with Gasteiger partial charge in [-0.25, -0.2) is 9.50 Å². The van der Waals surface area contributed by atoms with E-state index in [9.17, 15) is 0 Å². The fourth-order valence-corrected chi connectivity index (χ4v) is 3.17. The highest BCUT2D eigenvalue weighted by Gasteiger charge is 2.18. The van der Waals surface area contributed by atoms with E-state index < -0.39 is 0 Å². The maximum atomic E-state index is 5.59. The molecule has 0 fully saturated rings. The van der Waals surface area contributed by atoms with Crippen molar-refractivity contribution in [3.63, 3.8) is 0 Å². The predicted octanol–water partition coefficient (Wildman–Crippen LogP) is 3.27. The molecule has 0 bridgehead atoms. The first-order valence-corrected chi connectivity index (χ1v) is 8.70. The Morgan fingerprint density at radius 2 is 2.04 bits per heavy atom. The van der Waals surface area contributed by atoms with Crippen LogP contribution in [0.15, 0.2) is 60.9 Å². The summed E-state index contributed by atoms with van der Waals surface area (Å²) in [6, 6.07) is 15.7. The maximum absolute atomic E-state index is 5.59. The zero-order valence-electron chi connectivity index (χ0n) is 14.5. The molecule has 0 unspecified atom stereocenters. The van der Waals surface area contributed by atoms with E-state index in [1.807, 2.05) is 59.2 Å². The first-order valence-electron chi connectivity index (χ1n) is 8.70. The van der Waals surface area contributed by atoms with Crippen molar-refractivity contribution in [1.29, 1.82) is 0 Å². The van der Waals surface area contributed by atoms with Gasteiger partial charge in [-0.2, -0.15) is 0 Å². The Balaban J connectivity index is 1.51. The van der Waals surface area contributed by atoms with Crippen LogP contribution in [-0.2, 0) is 17.9 Å². The van der Waals surface area contributed by atoms with Gasteiger partial charge in [-0.1, -0.05) is 18.2 Å². The van der Waals surface area contributed by atoms with E-state index in [2.05, 4.69) is 15.3 Å². The summed E-state index contributed by atoms with van der Waals surface area (Å²) in [4.78, 5) is 8.80. The Hall–Kier alpha value is -3.45. The van der Waals surface area contributed by atoms with Gasteiger partial charge in [0.2, 0.25) is 0 Å². The predicted molar refractivity (Wildman–Crippen MR) is 100 cm³/mol. The normalized spacial score (nSPS) is 13.2. The van der Waals surface area contributed by atoms with Gasteiger partial charge in [0, 0.05) is 17.3 Å².